The zero-order chi connectivity index (χ0) is 19.4. The number of para-hydroxylation sites is 1. The maximum absolute atomic E-state index is 13.6. The molecule has 0 radical (unpaired) electrons. The van der Waals surface area contributed by atoms with Crippen LogP contribution in [0.3, 0.4) is 0 Å². The van der Waals surface area contributed by atoms with Crippen molar-refractivity contribution in [2.45, 2.75) is 0 Å². The average Bonchev–Trinajstić information content (AvgIpc) is 2.69. The molecular weight excluding hydrogens is 357 g/mol. The Morgan fingerprint density at radius 2 is 1.74 bits per heavy atom. The van der Waals surface area contributed by atoms with E-state index in [0.717, 1.165) is 6.07 Å². The Hall–Kier alpha value is -3.86. The van der Waals surface area contributed by atoms with E-state index in [1.54, 1.807) is 24.3 Å². The summed E-state index contributed by atoms with van der Waals surface area (Å²) in [6.45, 7) is 0. The number of nitriles is 1. The highest BCUT2D eigenvalue weighted by molar-refractivity contribution is 6.04. The monoisotopic (exact) mass is 368 g/mol. The molecule has 1 aromatic heterocycles. The lowest BCUT2D eigenvalue weighted by Gasteiger charge is -2.09. The molecule has 2 N–H and O–H groups in total. The first-order chi connectivity index (χ1) is 13.0. The van der Waals surface area contributed by atoms with Gasteiger partial charge in [-0.25, -0.2) is 18.2 Å². The van der Waals surface area contributed by atoms with Crippen molar-refractivity contribution in [3.05, 3.63) is 83.3 Å². The molecule has 0 bridgehead atoms. The van der Waals surface area contributed by atoms with Crippen molar-refractivity contribution < 1.29 is 18.0 Å². The number of carbonyl (C=O) groups excluding carboxylic acids is 1. The molecular formula is C19H11F3N4O. The number of aromatic nitrogens is 1. The Morgan fingerprint density at radius 1 is 0.963 bits per heavy atom. The van der Waals surface area contributed by atoms with Crippen LogP contribution >= 0.6 is 0 Å². The number of pyridine rings is 1. The Balaban J connectivity index is 1.75. The molecule has 1 amide bonds. The van der Waals surface area contributed by atoms with E-state index in [-0.39, 0.29) is 5.56 Å². The summed E-state index contributed by atoms with van der Waals surface area (Å²) in [5.74, 6) is -4.85. The van der Waals surface area contributed by atoms with Gasteiger partial charge in [0.25, 0.3) is 5.91 Å². The predicted molar refractivity (Wildman–Crippen MR) is 92.9 cm³/mol. The molecule has 0 aliphatic rings. The van der Waals surface area contributed by atoms with Gasteiger partial charge in [0, 0.05) is 6.20 Å². The van der Waals surface area contributed by atoms with E-state index in [9.17, 15) is 18.0 Å². The van der Waals surface area contributed by atoms with E-state index in [0.29, 0.717) is 23.1 Å². The lowest BCUT2D eigenvalue weighted by atomic mass is 10.2. The zero-order valence-corrected chi connectivity index (χ0v) is 13.6. The largest absolute Gasteiger partial charge is 0.339 e. The van der Waals surface area contributed by atoms with Gasteiger partial charge in [-0.15, -0.1) is 0 Å². The summed E-state index contributed by atoms with van der Waals surface area (Å²) in [5.41, 5.74) is 0.575. The third-order valence-corrected chi connectivity index (χ3v) is 3.62. The molecule has 3 rings (SSSR count). The highest BCUT2D eigenvalue weighted by Crippen LogP contribution is 2.21. The van der Waals surface area contributed by atoms with E-state index in [2.05, 4.69) is 15.6 Å². The van der Waals surface area contributed by atoms with Crippen LogP contribution in [0, 0.1) is 28.8 Å². The van der Waals surface area contributed by atoms with Crippen molar-refractivity contribution in [3.8, 4) is 6.07 Å². The molecule has 0 aliphatic heterocycles. The molecule has 2 aromatic carbocycles. The SMILES string of the molecule is N#Cc1ccccc1Nc1ccc(C(=O)Nc2ccc(F)c(F)c2F)cn1. The average molecular weight is 368 g/mol. The molecule has 134 valence electrons. The molecule has 27 heavy (non-hydrogen) atoms. The van der Waals surface area contributed by atoms with Crippen LogP contribution in [0.4, 0.5) is 30.4 Å². The lowest BCUT2D eigenvalue weighted by molar-refractivity contribution is 0.102. The number of halogens is 3. The summed E-state index contributed by atoms with van der Waals surface area (Å²) in [4.78, 5) is 16.2. The smallest absolute Gasteiger partial charge is 0.257 e. The molecule has 0 spiro atoms. The summed E-state index contributed by atoms with van der Waals surface area (Å²) in [7, 11) is 0. The first kappa shape index (κ1) is 17.9. The highest BCUT2D eigenvalue weighted by Gasteiger charge is 2.16. The van der Waals surface area contributed by atoms with E-state index in [1.807, 2.05) is 6.07 Å². The van der Waals surface area contributed by atoms with Gasteiger partial charge in [-0.2, -0.15) is 5.26 Å². The summed E-state index contributed by atoms with van der Waals surface area (Å²) >= 11 is 0. The number of nitrogens with zero attached hydrogens (tertiary/aromatic N) is 2. The van der Waals surface area contributed by atoms with Crippen LogP contribution in [-0.4, -0.2) is 10.9 Å². The number of benzene rings is 2. The molecule has 8 heteroatoms. The maximum atomic E-state index is 13.6. The van der Waals surface area contributed by atoms with Crippen molar-refractivity contribution in [2.75, 3.05) is 10.6 Å². The Labute approximate surface area is 152 Å². The van der Waals surface area contributed by atoms with Gasteiger partial charge in [-0.05, 0) is 36.4 Å². The topological polar surface area (TPSA) is 77.8 Å². The maximum Gasteiger partial charge on any atom is 0.257 e. The summed E-state index contributed by atoms with van der Waals surface area (Å²) in [6, 6.07) is 13.4. The summed E-state index contributed by atoms with van der Waals surface area (Å²) in [6.07, 6.45) is 1.23. The minimum Gasteiger partial charge on any atom is -0.339 e. The Kier molecular flexibility index (Phi) is 5.04. The second-order valence-electron chi connectivity index (χ2n) is 5.39. The van der Waals surface area contributed by atoms with Gasteiger partial charge in [-0.1, -0.05) is 12.1 Å². The first-order valence-corrected chi connectivity index (χ1v) is 7.66. The molecule has 0 fully saturated rings. The Bertz CT molecular complexity index is 1050. The van der Waals surface area contributed by atoms with Gasteiger partial charge in [0.05, 0.1) is 22.5 Å². The van der Waals surface area contributed by atoms with Crippen LogP contribution in [0.25, 0.3) is 0 Å². The molecule has 0 aliphatic carbocycles. The standard InChI is InChI=1S/C19H11F3N4O/c20-13-6-7-15(18(22)17(13)21)26-19(27)12-5-8-16(24-10-12)25-14-4-2-1-3-11(14)9-23/h1-8,10H,(H,24,25)(H,26,27). The minimum absolute atomic E-state index is 0.0817. The van der Waals surface area contributed by atoms with Gasteiger partial charge < -0.3 is 10.6 Å². The van der Waals surface area contributed by atoms with Gasteiger partial charge in [0.2, 0.25) is 0 Å². The van der Waals surface area contributed by atoms with Crippen molar-refractivity contribution in [1.82, 2.24) is 4.98 Å². The quantitative estimate of drug-likeness (QED) is 0.671. The van der Waals surface area contributed by atoms with Gasteiger partial charge in [0.15, 0.2) is 17.5 Å². The van der Waals surface area contributed by atoms with Crippen LogP contribution < -0.4 is 10.6 Å². The number of anilines is 3. The predicted octanol–water partition coefficient (Wildman–Crippen LogP) is 4.37. The number of hydrogen-bond donors (Lipinski definition) is 2. The second kappa shape index (κ2) is 7.58. The van der Waals surface area contributed by atoms with Crippen LogP contribution in [0.15, 0.2) is 54.7 Å². The molecule has 0 atom stereocenters. The minimum atomic E-state index is -1.67. The van der Waals surface area contributed by atoms with E-state index in [4.69, 9.17) is 5.26 Å². The zero-order valence-electron chi connectivity index (χ0n) is 13.6. The fourth-order valence-electron chi connectivity index (χ4n) is 2.25. The van der Waals surface area contributed by atoms with Crippen molar-refractivity contribution in [3.63, 3.8) is 0 Å². The number of rotatable bonds is 4. The first-order valence-electron chi connectivity index (χ1n) is 7.66. The van der Waals surface area contributed by atoms with Crippen molar-refractivity contribution >= 4 is 23.1 Å². The number of hydrogen-bond acceptors (Lipinski definition) is 4. The van der Waals surface area contributed by atoms with Gasteiger partial charge >= 0.3 is 0 Å². The lowest BCUT2D eigenvalue weighted by Crippen LogP contribution is -2.14. The highest BCUT2D eigenvalue weighted by atomic mass is 19.2. The molecule has 0 unspecified atom stereocenters. The van der Waals surface area contributed by atoms with Crippen LogP contribution in [0.1, 0.15) is 15.9 Å². The molecule has 3 aromatic rings. The third-order valence-electron chi connectivity index (χ3n) is 3.62. The summed E-state index contributed by atoms with van der Waals surface area (Å²) < 4.78 is 39.8. The second-order valence-corrected chi connectivity index (χ2v) is 5.39. The molecule has 0 saturated heterocycles. The molecule has 5 nitrogen and oxygen atoms in total. The van der Waals surface area contributed by atoms with E-state index < -0.39 is 29.0 Å². The van der Waals surface area contributed by atoms with Crippen LogP contribution in [-0.2, 0) is 0 Å². The van der Waals surface area contributed by atoms with E-state index in [1.165, 1.54) is 18.3 Å². The van der Waals surface area contributed by atoms with Crippen LogP contribution in [0.2, 0.25) is 0 Å². The van der Waals surface area contributed by atoms with Gasteiger partial charge in [0.1, 0.15) is 11.9 Å². The Morgan fingerprint density at radius 3 is 2.44 bits per heavy atom. The fraction of sp³-hybridized carbons (Fsp3) is 0. The van der Waals surface area contributed by atoms with E-state index >= 15 is 0 Å². The summed E-state index contributed by atoms with van der Waals surface area (Å²) in [5, 5.41) is 14.2. The fourth-order valence-corrected chi connectivity index (χ4v) is 2.25. The van der Waals surface area contributed by atoms with Crippen molar-refractivity contribution in [1.29, 1.82) is 5.26 Å². The normalized spacial score (nSPS) is 10.1. The molecule has 0 saturated carbocycles. The number of nitrogens with one attached hydrogen (secondary N) is 2. The van der Waals surface area contributed by atoms with Crippen LogP contribution in [0.5, 0.6) is 0 Å². The third kappa shape index (κ3) is 3.88. The number of amides is 1. The van der Waals surface area contributed by atoms with Gasteiger partial charge in [-0.3, -0.25) is 4.79 Å². The number of carbonyl (C=O) groups is 1. The van der Waals surface area contributed by atoms with Crippen molar-refractivity contribution in [2.24, 2.45) is 0 Å². The molecule has 1 heterocycles.